The van der Waals surface area contributed by atoms with Crippen LogP contribution >= 0.6 is 0 Å². The van der Waals surface area contributed by atoms with Crippen LogP contribution in [0.15, 0.2) is 59.0 Å². The molecule has 31 heavy (non-hydrogen) atoms. The van der Waals surface area contributed by atoms with Gasteiger partial charge in [0.1, 0.15) is 23.0 Å². The Bertz CT molecular complexity index is 1490. The number of anilines is 3. The van der Waals surface area contributed by atoms with Crippen molar-refractivity contribution >= 4 is 23.2 Å². The molecular formula is C23H17FN6O. The molecule has 152 valence electrons. The fourth-order valence-electron chi connectivity index (χ4n) is 4.12. The summed E-state index contributed by atoms with van der Waals surface area (Å²) in [5.41, 5.74) is 6.09. The number of benzene rings is 2. The van der Waals surface area contributed by atoms with Gasteiger partial charge in [0.05, 0.1) is 11.4 Å². The highest BCUT2D eigenvalue weighted by Gasteiger charge is 2.28. The number of nitrogens with zero attached hydrogens (tertiary/aromatic N) is 4. The van der Waals surface area contributed by atoms with Crippen molar-refractivity contribution < 1.29 is 8.81 Å². The van der Waals surface area contributed by atoms with Gasteiger partial charge in [-0.25, -0.2) is 9.37 Å². The first kappa shape index (κ1) is 17.6. The number of hydrogen-bond donors (Lipinski definition) is 2. The SMILES string of the molecule is CNc1nnc(-c2ccccc2-c2nc3ccc(F)c4n3c2Nc2c(C)cccc2-4)o1. The average molecular weight is 412 g/mol. The van der Waals surface area contributed by atoms with E-state index in [4.69, 9.17) is 9.40 Å². The molecule has 0 unspecified atom stereocenters. The van der Waals surface area contributed by atoms with Crippen LogP contribution in [-0.4, -0.2) is 26.6 Å². The maximum atomic E-state index is 15.0. The zero-order valence-electron chi connectivity index (χ0n) is 16.8. The van der Waals surface area contributed by atoms with Crippen LogP contribution in [0, 0.1) is 12.7 Å². The van der Waals surface area contributed by atoms with Crippen molar-refractivity contribution in [2.24, 2.45) is 0 Å². The molecule has 0 spiro atoms. The normalized spacial score (nSPS) is 12.0. The van der Waals surface area contributed by atoms with Crippen molar-refractivity contribution in [3.8, 4) is 34.0 Å². The molecule has 0 bridgehead atoms. The summed E-state index contributed by atoms with van der Waals surface area (Å²) in [7, 11) is 1.72. The number of aromatic nitrogens is 4. The van der Waals surface area contributed by atoms with Crippen molar-refractivity contribution in [2.75, 3.05) is 17.7 Å². The molecule has 0 saturated carbocycles. The number of rotatable bonds is 3. The maximum Gasteiger partial charge on any atom is 0.315 e. The Kier molecular flexibility index (Phi) is 3.64. The van der Waals surface area contributed by atoms with E-state index in [0.717, 1.165) is 27.9 Å². The van der Waals surface area contributed by atoms with E-state index in [0.29, 0.717) is 34.8 Å². The van der Waals surface area contributed by atoms with E-state index in [1.54, 1.807) is 13.1 Å². The van der Waals surface area contributed by atoms with Crippen molar-refractivity contribution in [2.45, 2.75) is 6.92 Å². The van der Waals surface area contributed by atoms with Crippen LogP contribution < -0.4 is 10.6 Å². The predicted octanol–water partition coefficient (Wildman–Crippen LogP) is 5.26. The van der Waals surface area contributed by atoms with Crippen LogP contribution in [0.1, 0.15) is 5.56 Å². The number of pyridine rings is 1. The molecule has 0 atom stereocenters. The summed E-state index contributed by atoms with van der Waals surface area (Å²) < 4.78 is 22.6. The summed E-state index contributed by atoms with van der Waals surface area (Å²) in [5, 5.41) is 14.5. The minimum atomic E-state index is -0.296. The monoisotopic (exact) mass is 412 g/mol. The van der Waals surface area contributed by atoms with Gasteiger partial charge in [-0.3, -0.25) is 4.40 Å². The second-order valence-electron chi connectivity index (χ2n) is 7.36. The lowest BCUT2D eigenvalue weighted by atomic mass is 10.0. The number of aryl methyl sites for hydroxylation is 1. The molecule has 0 amide bonds. The zero-order chi connectivity index (χ0) is 21.1. The first-order chi connectivity index (χ1) is 15.2. The molecule has 2 N–H and O–H groups in total. The summed E-state index contributed by atoms with van der Waals surface area (Å²) in [6, 6.07) is 17.0. The van der Waals surface area contributed by atoms with Gasteiger partial charge in [0, 0.05) is 23.7 Å². The second kappa shape index (κ2) is 6.40. The number of halogens is 1. The minimum Gasteiger partial charge on any atom is -0.403 e. The Morgan fingerprint density at radius 3 is 2.58 bits per heavy atom. The van der Waals surface area contributed by atoms with Crippen molar-refractivity contribution in [3.63, 3.8) is 0 Å². The van der Waals surface area contributed by atoms with Crippen LogP contribution in [-0.2, 0) is 0 Å². The van der Waals surface area contributed by atoms with Crippen molar-refractivity contribution in [1.29, 1.82) is 0 Å². The summed E-state index contributed by atoms with van der Waals surface area (Å²) in [6.07, 6.45) is 0. The molecule has 1 aliphatic rings. The van der Waals surface area contributed by atoms with E-state index in [1.165, 1.54) is 6.07 Å². The van der Waals surface area contributed by atoms with E-state index in [2.05, 4.69) is 20.8 Å². The molecule has 4 heterocycles. The number of nitrogens with one attached hydrogen (secondary N) is 2. The van der Waals surface area contributed by atoms with Gasteiger partial charge in [0.15, 0.2) is 0 Å². The Balaban J connectivity index is 1.65. The lowest BCUT2D eigenvalue weighted by Gasteiger charge is -2.23. The summed E-state index contributed by atoms with van der Waals surface area (Å²) in [4.78, 5) is 4.85. The quantitative estimate of drug-likeness (QED) is 0.412. The Hall–Kier alpha value is -4.20. The third kappa shape index (κ3) is 2.48. The average Bonchev–Trinajstić information content (AvgIpc) is 3.42. The third-order valence-electron chi connectivity index (χ3n) is 5.55. The Morgan fingerprint density at radius 2 is 1.77 bits per heavy atom. The van der Waals surface area contributed by atoms with Gasteiger partial charge >= 0.3 is 6.01 Å². The number of hydrogen-bond acceptors (Lipinski definition) is 6. The van der Waals surface area contributed by atoms with Gasteiger partial charge in [-0.2, -0.15) is 0 Å². The van der Waals surface area contributed by atoms with Crippen LogP contribution in [0.3, 0.4) is 0 Å². The first-order valence-corrected chi connectivity index (χ1v) is 9.84. The van der Waals surface area contributed by atoms with Crippen LogP contribution in [0.4, 0.5) is 21.9 Å². The molecule has 7 nitrogen and oxygen atoms in total. The van der Waals surface area contributed by atoms with Gasteiger partial charge < -0.3 is 15.1 Å². The van der Waals surface area contributed by atoms with Gasteiger partial charge in [-0.15, -0.1) is 5.10 Å². The molecule has 8 heteroatoms. The van der Waals surface area contributed by atoms with Crippen molar-refractivity contribution in [1.82, 2.24) is 19.6 Å². The van der Waals surface area contributed by atoms with E-state index in [9.17, 15) is 0 Å². The van der Waals surface area contributed by atoms with Gasteiger partial charge in [-0.1, -0.05) is 41.5 Å². The topological polar surface area (TPSA) is 80.3 Å². The lowest BCUT2D eigenvalue weighted by molar-refractivity contribution is 0.585. The molecule has 2 aromatic carbocycles. The summed E-state index contributed by atoms with van der Waals surface area (Å²) in [6.45, 7) is 2.00. The molecule has 3 aromatic heterocycles. The molecule has 0 saturated heterocycles. The second-order valence-corrected chi connectivity index (χ2v) is 7.36. The van der Waals surface area contributed by atoms with Gasteiger partial charge in [-0.05, 0) is 30.7 Å². The molecule has 1 aliphatic heterocycles. The van der Waals surface area contributed by atoms with E-state index in [-0.39, 0.29) is 5.82 Å². The molecular weight excluding hydrogens is 395 g/mol. The maximum absolute atomic E-state index is 15.0. The molecule has 0 fully saturated rings. The highest BCUT2D eigenvalue weighted by atomic mass is 19.1. The summed E-state index contributed by atoms with van der Waals surface area (Å²) >= 11 is 0. The molecule has 0 aliphatic carbocycles. The van der Waals surface area contributed by atoms with E-state index < -0.39 is 0 Å². The van der Waals surface area contributed by atoms with Gasteiger partial charge in [0.2, 0.25) is 5.89 Å². The fourth-order valence-corrected chi connectivity index (χ4v) is 4.12. The van der Waals surface area contributed by atoms with E-state index >= 15 is 4.39 Å². The van der Waals surface area contributed by atoms with Crippen molar-refractivity contribution in [3.05, 3.63) is 66.0 Å². The number of imidazole rings is 1. The summed E-state index contributed by atoms with van der Waals surface area (Å²) in [5.74, 6) is 0.782. The van der Waals surface area contributed by atoms with Crippen LogP contribution in [0.2, 0.25) is 0 Å². The zero-order valence-corrected chi connectivity index (χ0v) is 16.8. The molecule has 0 radical (unpaired) electrons. The van der Waals surface area contributed by atoms with E-state index in [1.807, 2.05) is 53.8 Å². The largest absolute Gasteiger partial charge is 0.403 e. The predicted molar refractivity (Wildman–Crippen MR) is 117 cm³/mol. The standard InChI is InChI=1S/C23H17FN6O/c1-12-6-5-9-15-18(12)27-21-19(26-17-11-10-16(24)20(15)30(17)21)13-7-3-4-8-14(13)22-28-29-23(25-2)31-22/h3-11,27H,1-2H3,(H,25,29). The van der Waals surface area contributed by atoms with Gasteiger partial charge in [0.25, 0.3) is 0 Å². The fraction of sp³-hybridized carbons (Fsp3) is 0.0870. The highest BCUT2D eigenvalue weighted by molar-refractivity contribution is 5.94. The Labute approximate surface area is 176 Å². The number of fused-ring (bicyclic) bond motifs is 2. The molecule has 6 rings (SSSR count). The number of para-hydroxylation sites is 1. The first-order valence-electron chi connectivity index (χ1n) is 9.84. The Morgan fingerprint density at radius 1 is 0.968 bits per heavy atom. The van der Waals surface area contributed by atoms with Crippen LogP contribution in [0.5, 0.6) is 0 Å². The smallest absolute Gasteiger partial charge is 0.315 e. The lowest BCUT2D eigenvalue weighted by Crippen LogP contribution is -2.10. The minimum absolute atomic E-state index is 0.296. The third-order valence-corrected chi connectivity index (χ3v) is 5.55. The highest BCUT2D eigenvalue weighted by Crippen LogP contribution is 2.45. The molecule has 5 aromatic rings. The van der Waals surface area contributed by atoms with Crippen LogP contribution in [0.25, 0.3) is 39.6 Å².